The van der Waals surface area contributed by atoms with Crippen LogP contribution in [0.2, 0.25) is 0 Å². The highest BCUT2D eigenvalue weighted by Gasteiger charge is 2.22. The number of para-hydroxylation sites is 1. The minimum absolute atomic E-state index is 0.0636. The predicted octanol–water partition coefficient (Wildman–Crippen LogP) is 1.10. The van der Waals surface area contributed by atoms with E-state index in [1.165, 1.54) is 0 Å². The highest BCUT2D eigenvalue weighted by atomic mass is 16.2. The van der Waals surface area contributed by atoms with Gasteiger partial charge in [-0.3, -0.25) is 4.79 Å². The Hall–Kier alpha value is -2.53. The van der Waals surface area contributed by atoms with Gasteiger partial charge in [-0.1, -0.05) is 6.07 Å². The molecule has 19 heavy (non-hydrogen) atoms. The van der Waals surface area contributed by atoms with Crippen molar-refractivity contribution in [1.29, 1.82) is 10.5 Å². The van der Waals surface area contributed by atoms with E-state index in [1.54, 1.807) is 30.0 Å². The fraction of sp³-hybridized carbons (Fsp3) is 0.357. The molecular weight excluding hydrogens is 240 g/mol. The van der Waals surface area contributed by atoms with Gasteiger partial charge in [0, 0.05) is 33.1 Å². The normalized spacial score (nSPS) is 14.7. The largest absolute Gasteiger partial charge is 0.366 e. The minimum Gasteiger partial charge on any atom is -0.366 e. The minimum atomic E-state index is 0.0636. The van der Waals surface area contributed by atoms with E-state index in [4.69, 9.17) is 10.5 Å². The standard InChI is InChI=1S/C14H14N4O/c1-11(19)17-5-7-18(8-6-17)14-12(9-15)3-2-4-13(14)10-16/h2-4H,5-8H2,1H3. The van der Waals surface area contributed by atoms with Gasteiger partial charge in [-0.15, -0.1) is 0 Å². The van der Waals surface area contributed by atoms with Gasteiger partial charge in [0.25, 0.3) is 0 Å². The van der Waals surface area contributed by atoms with Crippen LogP contribution in [0.1, 0.15) is 18.1 Å². The van der Waals surface area contributed by atoms with Gasteiger partial charge in [0.2, 0.25) is 5.91 Å². The SMILES string of the molecule is CC(=O)N1CCN(c2c(C#N)cccc2C#N)CC1. The molecule has 0 saturated carbocycles. The molecule has 1 amide bonds. The summed E-state index contributed by atoms with van der Waals surface area (Å²) in [7, 11) is 0. The van der Waals surface area contributed by atoms with Gasteiger partial charge in [-0.25, -0.2) is 0 Å². The number of benzene rings is 1. The van der Waals surface area contributed by atoms with E-state index in [0.29, 0.717) is 43.0 Å². The lowest BCUT2D eigenvalue weighted by Crippen LogP contribution is -2.48. The first-order valence-electron chi connectivity index (χ1n) is 6.11. The molecule has 1 aromatic rings. The number of anilines is 1. The Balaban J connectivity index is 2.27. The Kier molecular flexibility index (Phi) is 3.68. The van der Waals surface area contributed by atoms with E-state index >= 15 is 0 Å². The number of carbonyl (C=O) groups is 1. The number of rotatable bonds is 1. The smallest absolute Gasteiger partial charge is 0.219 e. The molecule has 1 heterocycles. The molecule has 0 aliphatic carbocycles. The van der Waals surface area contributed by atoms with Crippen molar-refractivity contribution in [3.8, 4) is 12.1 Å². The number of piperazine rings is 1. The van der Waals surface area contributed by atoms with E-state index in [2.05, 4.69) is 12.1 Å². The second-order valence-electron chi connectivity index (χ2n) is 4.42. The topological polar surface area (TPSA) is 71.1 Å². The van der Waals surface area contributed by atoms with Crippen LogP contribution < -0.4 is 4.90 Å². The van der Waals surface area contributed by atoms with Crippen molar-refractivity contribution in [2.45, 2.75) is 6.92 Å². The van der Waals surface area contributed by atoms with E-state index in [-0.39, 0.29) is 5.91 Å². The molecule has 0 N–H and O–H groups in total. The summed E-state index contributed by atoms with van der Waals surface area (Å²) in [6.45, 7) is 4.10. The zero-order valence-corrected chi connectivity index (χ0v) is 10.8. The molecule has 96 valence electrons. The number of nitrogens with zero attached hydrogens (tertiary/aromatic N) is 4. The maximum absolute atomic E-state index is 11.3. The number of carbonyl (C=O) groups excluding carboxylic acids is 1. The molecule has 1 aliphatic rings. The zero-order valence-electron chi connectivity index (χ0n) is 10.8. The molecule has 2 rings (SSSR count). The first-order chi connectivity index (χ1) is 9.17. The Bertz CT molecular complexity index is 542. The molecule has 0 radical (unpaired) electrons. The van der Waals surface area contributed by atoms with Gasteiger partial charge in [0.15, 0.2) is 0 Å². The molecule has 1 saturated heterocycles. The van der Waals surface area contributed by atoms with Gasteiger partial charge in [-0.2, -0.15) is 10.5 Å². The summed E-state index contributed by atoms with van der Waals surface area (Å²) in [5.74, 6) is 0.0636. The molecule has 0 spiro atoms. The fourth-order valence-corrected chi connectivity index (χ4v) is 2.31. The van der Waals surface area contributed by atoms with Crippen LogP contribution in [0.5, 0.6) is 0 Å². The molecule has 1 aliphatic heterocycles. The van der Waals surface area contributed by atoms with Crippen LogP contribution in [-0.4, -0.2) is 37.0 Å². The second kappa shape index (κ2) is 5.41. The van der Waals surface area contributed by atoms with Crippen LogP contribution in [0.25, 0.3) is 0 Å². The van der Waals surface area contributed by atoms with Crippen LogP contribution in [0.3, 0.4) is 0 Å². The Morgan fingerprint density at radius 3 is 2.05 bits per heavy atom. The molecule has 0 unspecified atom stereocenters. The average molecular weight is 254 g/mol. The summed E-state index contributed by atoms with van der Waals surface area (Å²) in [5.41, 5.74) is 1.71. The van der Waals surface area contributed by atoms with Crippen LogP contribution in [0.4, 0.5) is 5.69 Å². The van der Waals surface area contributed by atoms with E-state index in [1.807, 2.05) is 4.90 Å². The van der Waals surface area contributed by atoms with Gasteiger partial charge < -0.3 is 9.80 Å². The van der Waals surface area contributed by atoms with E-state index < -0.39 is 0 Å². The maximum Gasteiger partial charge on any atom is 0.219 e. The van der Waals surface area contributed by atoms with E-state index in [0.717, 1.165) is 0 Å². The van der Waals surface area contributed by atoms with Crippen molar-refractivity contribution in [2.24, 2.45) is 0 Å². The maximum atomic E-state index is 11.3. The van der Waals surface area contributed by atoms with Gasteiger partial charge in [-0.05, 0) is 12.1 Å². The molecule has 0 bridgehead atoms. The average Bonchev–Trinajstić information content (AvgIpc) is 2.46. The lowest BCUT2D eigenvalue weighted by molar-refractivity contribution is -0.129. The molecule has 1 aromatic carbocycles. The van der Waals surface area contributed by atoms with Crippen LogP contribution in [0.15, 0.2) is 18.2 Å². The van der Waals surface area contributed by atoms with Crippen molar-refractivity contribution >= 4 is 11.6 Å². The third-order valence-corrected chi connectivity index (χ3v) is 3.32. The van der Waals surface area contributed by atoms with Crippen molar-refractivity contribution in [3.63, 3.8) is 0 Å². The van der Waals surface area contributed by atoms with Crippen molar-refractivity contribution < 1.29 is 4.79 Å². The van der Waals surface area contributed by atoms with Crippen LogP contribution in [-0.2, 0) is 4.79 Å². The Morgan fingerprint density at radius 1 is 1.11 bits per heavy atom. The zero-order chi connectivity index (χ0) is 13.8. The number of hydrogen-bond acceptors (Lipinski definition) is 4. The van der Waals surface area contributed by atoms with Gasteiger partial charge in [0.05, 0.1) is 16.8 Å². The molecular formula is C14H14N4O. The van der Waals surface area contributed by atoms with Gasteiger partial charge in [0.1, 0.15) is 12.1 Å². The second-order valence-corrected chi connectivity index (χ2v) is 4.42. The number of amides is 1. The number of nitriles is 2. The van der Waals surface area contributed by atoms with Crippen LogP contribution in [0, 0.1) is 22.7 Å². The lowest BCUT2D eigenvalue weighted by Gasteiger charge is -2.36. The summed E-state index contributed by atoms with van der Waals surface area (Å²) in [6.07, 6.45) is 0. The quantitative estimate of drug-likeness (QED) is 0.752. The molecule has 1 fully saturated rings. The monoisotopic (exact) mass is 254 g/mol. The summed E-state index contributed by atoms with van der Waals surface area (Å²) in [5, 5.41) is 18.3. The summed E-state index contributed by atoms with van der Waals surface area (Å²) in [6, 6.07) is 9.40. The van der Waals surface area contributed by atoms with Crippen molar-refractivity contribution in [1.82, 2.24) is 4.90 Å². The summed E-state index contributed by atoms with van der Waals surface area (Å²) in [4.78, 5) is 15.1. The summed E-state index contributed by atoms with van der Waals surface area (Å²) >= 11 is 0. The predicted molar refractivity (Wildman–Crippen MR) is 70.3 cm³/mol. The first-order valence-corrected chi connectivity index (χ1v) is 6.11. The summed E-state index contributed by atoms with van der Waals surface area (Å²) < 4.78 is 0. The fourth-order valence-electron chi connectivity index (χ4n) is 2.31. The highest BCUT2D eigenvalue weighted by molar-refractivity contribution is 5.74. The van der Waals surface area contributed by atoms with E-state index in [9.17, 15) is 4.79 Å². The van der Waals surface area contributed by atoms with Gasteiger partial charge >= 0.3 is 0 Å². The van der Waals surface area contributed by atoms with Crippen LogP contribution >= 0.6 is 0 Å². The first kappa shape index (κ1) is 12.9. The highest BCUT2D eigenvalue weighted by Crippen LogP contribution is 2.25. The third-order valence-electron chi connectivity index (χ3n) is 3.32. The Morgan fingerprint density at radius 2 is 1.63 bits per heavy atom. The third kappa shape index (κ3) is 2.51. The lowest BCUT2D eigenvalue weighted by atomic mass is 10.1. The molecule has 5 heteroatoms. The molecule has 5 nitrogen and oxygen atoms in total. The van der Waals surface area contributed by atoms with Crippen molar-refractivity contribution in [3.05, 3.63) is 29.3 Å². The molecule has 0 atom stereocenters. The number of hydrogen-bond donors (Lipinski definition) is 0. The molecule has 0 aromatic heterocycles. The Labute approximate surface area is 112 Å². The van der Waals surface area contributed by atoms with Crippen molar-refractivity contribution in [2.75, 3.05) is 31.1 Å².